The van der Waals surface area contributed by atoms with Gasteiger partial charge in [-0.15, -0.1) is 0 Å². The molecule has 10 heteroatoms. The van der Waals surface area contributed by atoms with E-state index in [2.05, 4.69) is 29.2 Å². The van der Waals surface area contributed by atoms with E-state index in [9.17, 15) is 13.2 Å². The summed E-state index contributed by atoms with van der Waals surface area (Å²) in [5.41, 5.74) is 0.961. The smallest absolute Gasteiger partial charge is 0.257 e. The SMILES string of the molecule is CC(C)COc1ccc(C(=O)NC(=S)Nc2ccc(S(=O)(=O)NCc3ccco3)cc2)cc1. The van der Waals surface area contributed by atoms with Crippen LogP contribution in [0.3, 0.4) is 0 Å². The Morgan fingerprint density at radius 3 is 2.36 bits per heavy atom. The van der Waals surface area contributed by atoms with E-state index in [0.717, 1.165) is 0 Å². The molecule has 0 atom stereocenters. The van der Waals surface area contributed by atoms with Gasteiger partial charge in [-0.3, -0.25) is 10.1 Å². The minimum atomic E-state index is -3.70. The highest BCUT2D eigenvalue weighted by molar-refractivity contribution is 7.89. The van der Waals surface area contributed by atoms with Crippen LogP contribution in [0.2, 0.25) is 0 Å². The van der Waals surface area contributed by atoms with Crippen molar-refractivity contribution in [3.8, 4) is 5.75 Å². The van der Waals surface area contributed by atoms with Crippen LogP contribution in [0, 0.1) is 5.92 Å². The second kappa shape index (κ2) is 11.1. The van der Waals surface area contributed by atoms with Crippen molar-refractivity contribution in [3.05, 3.63) is 78.3 Å². The molecule has 2 aromatic carbocycles. The maximum absolute atomic E-state index is 12.4. The minimum Gasteiger partial charge on any atom is -0.493 e. The van der Waals surface area contributed by atoms with E-state index in [1.54, 1.807) is 48.5 Å². The lowest BCUT2D eigenvalue weighted by atomic mass is 10.2. The summed E-state index contributed by atoms with van der Waals surface area (Å²) < 4.78 is 38.0. The van der Waals surface area contributed by atoms with Crippen LogP contribution < -0.4 is 20.1 Å². The second-order valence-corrected chi connectivity index (χ2v) is 9.74. The second-order valence-electron chi connectivity index (χ2n) is 7.57. The summed E-state index contributed by atoms with van der Waals surface area (Å²) in [5.74, 6) is 1.23. The van der Waals surface area contributed by atoms with Crippen molar-refractivity contribution in [1.29, 1.82) is 0 Å². The number of furan rings is 1. The fraction of sp³-hybridized carbons (Fsp3) is 0.217. The quantitative estimate of drug-likeness (QED) is 0.393. The molecule has 174 valence electrons. The zero-order valence-corrected chi connectivity index (χ0v) is 19.8. The molecule has 0 saturated heterocycles. The number of ether oxygens (including phenoxy) is 1. The fourth-order valence-corrected chi connectivity index (χ4v) is 3.89. The Balaban J connectivity index is 1.52. The van der Waals surface area contributed by atoms with E-state index < -0.39 is 10.0 Å². The molecule has 0 bridgehead atoms. The average Bonchev–Trinajstić information content (AvgIpc) is 3.31. The van der Waals surface area contributed by atoms with E-state index in [4.69, 9.17) is 21.4 Å². The molecule has 0 spiro atoms. The summed E-state index contributed by atoms with van der Waals surface area (Å²) in [6.45, 7) is 4.76. The molecule has 33 heavy (non-hydrogen) atoms. The van der Waals surface area contributed by atoms with E-state index >= 15 is 0 Å². The predicted octanol–water partition coefficient (Wildman–Crippen LogP) is 3.92. The summed E-state index contributed by atoms with van der Waals surface area (Å²) in [7, 11) is -3.70. The van der Waals surface area contributed by atoms with Gasteiger partial charge in [0.05, 0.1) is 24.3 Å². The number of anilines is 1. The zero-order chi connectivity index (χ0) is 23.8. The van der Waals surface area contributed by atoms with Gasteiger partial charge in [0.25, 0.3) is 5.91 Å². The molecule has 1 heterocycles. The third-order valence-electron chi connectivity index (χ3n) is 4.37. The normalized spacial score (nSPS) is 11.2. The zero-order valence-electron chi connectivity index (χ0n) is 18.2. The molecule has 0 aliphatic carbocycles. The largest absolute Gasteiger partial charge is 0.493 e. The van der Waals surface area contributed by atoms with Crippen molar-refractivity contribution in [2.24, 2.45) is 5.92 Å². The number of hydrogen-bond acceptors (Lipinski definition) is 6. The summed E-state index contributed by atoms with van der Waals surface area (Å²) >= 11 is 5.19. The van der Waals surface area contributed by atoms with Gasteiger partial charge in [0.15, 0.2) is 5.11 Å². The number of carbonyl (C=O) groups excluding carboxylic acids is 1. The van der Waals surface area contributed by atoms with Crippen LogP contribution in [0.15, 0.2) is 76.2 Å². The van der Waals surface area contributed by atoms with Gasteiger partial charge in [-0.05, 0) is 78.8 Å². The molecule has 1 aromatic heterocycles. The first-order valence-electron chi connectivity index (χ1n) is 10.2. The molecule has 0 radical (unpaired) electrons. The number of rotatable bonds is 9. The number of thiocarbonyl (C=S) groups is 1. The third kappa shape index (κ3) is 7.41. The van der Waals surface area contributed by atoms with Crippen LogP contribution in [0.1, 0.15) is 30.0 Å². The third-order valence-corrected chi connectivity index (χ3v) is 5.99. The van der Waals surface area contributed by atoms with Crippen molar-refractivity contribution in [3.63, 3.8) is 0 Å². The van der Waals surface area contributed by atoms with Gasteiger partial charge in [0.1, 0.15) is 11.5 Å². The lowest BCUT2D eigenvalue weighted by molar-refractivity contribution is 0.0977. The summed E-state index contributed by atoms with van der Waals surface area (Å²) in [6, 6.07) is 16.1. The highest BCUT2D eigenvalue weighted by atomic mass is 32.2. The molecule has 0 saturated carbocycles. The number of carbonyl (C=O) groups is 1. The van der Waals surface area contributed by atoms with Crippen LogP contribution in [0.4, 0.5) is 5.69 Å². The monoisotopic (exact) mass is 487 g/mol. The fourth-order valence-electron chi connectivity index (χ4n) is 2.68. The predicted molar refractivity (Wildman–Crippen MR) is 130 cm³/mol. The molecule has 0 fully saturated rings. The van der Waals surface area contributed by atoms with Gasteiger partial charge in [-0.25, -0.2) is 13.1 Å². The van der Waals surface area contributed by atoms with Crippen molar-refractivity contribution < 1.29 is 22.4 Å². The number of benzene rings is 2. The maximum Gasteiger partial charge on any atom is 0.257 e. The van der Waals surface area contributed by atoms with E-state index in [1.165, 1.54) is 18.4 Å². The molecule has 8 nitrogen and oxygen atoms in total. The Hall–Kier alpha value is -3.21. The lowest BCUT2D eigenvalue weighted by Crippen LogP contribution is -2.34. The van der Waals surface area contributed by atoms with Crippen LogP contribution in [0.25, 0.3) is 0 Å². The molecule has 3 rings (SSSR count). The minimum absolute atomic E-state index is 0.0519. The highest BCUT2D eigenvalue weighted by Crippen LogP contribution is 2.16. The number of hydrogen-bond donors (Lipinski definition) is 3. The van der Waals surface area contributed by atoms with Gasteiger partial charge in [0.2, 0.25) is 10.0 Å². The molecule has 0 aliphatic heterocycles. The molecule has 3 aromatic rings. The molecular weight excluding hydrogens is 462 g/mol. The van der Waals surface area contributed by atoms with E-state index in [0.29, 0.717) is 35.3 Å². The molecule has 0 aliphatic rings. The number of nitrogens with one attached hydrogen (secondary N) is 3. The molecule has 3 N–H and O–H groups in total. The number of sulfonamides is 1. The Kier molecular flexibility index (Phi) is 8.21. The Morgan fingerprint density at radius 2 is 1.76 bits per heavy atom. The summed E-state index contributed by atoms with van der Waals surface area (Å²) in [5, 5.41) is 5.55. The first-order chi connectivity index (χ1) is 15.7. The summed E-state index contributed by atoms with van der Waals surface area (Å²) in [6.07, 6.45) is 1.48. The van der Waals surface area contributed by atoms with Crippen molar-refractivity contribution >= 4 is 38.9 Å². The highest BCUT2D eigenvalue weighted by Gasteiger charge is 2.15. The Labute approximate surface area is 198 Å². The standard InChI is InChI=1S/C23H25N3O5S2/c1-16(2)15-31-19-9-5-17(6-10-19)22(27)26-23(32)25-18-7-11-21(12-8-18)33(28,29)24-14-20-4-3-13-30-20/h3-13,16,24H,14-15H2,1-2H3,(H2,25,26,27,32). The van der Waals surface area contributed by atoms with Crippen LogP contribution in [0.5, 0.6) is 5.75 Å². The van der Waals surface area contributed by atoms with Gasteiger partial charge in [0, 0.05) is 11.3 Å². The van der Waals surface area contributed by atoms with Crippen molar-refractivity contribution in [2.45, 2.75) is 25.3 Å². The first kappa shape index (κ1) is 24.4. The van der Waals surface area contributed by atoms with Gasteiger partial charge in [-0.1, -0.05) is 13.8 Å². The number of amides is 1. The van der Waals surface area contributed by atoms with Gasteiger partial charge < -0.3 is 14.5 Å². The van der Waals surface area contributed by atoms with E-state index in [1.807, 2.05) is 0 Å². The average molecular weight is 488 g/mol. The van der Waals surface area contributed by atoms with Crippen LogP contribution in [-0.4, -0.2) is 26.0 Å². The summed E-state index contributed by atoms with van der Waals surface area (Å²) in [4.78, 5) is 12.5. The van der Waals surface area contributed by atoms with Crippen LogP contribution >= 0.6 is 12.2 Å². The van der Waals surface area contributed by atoms with Crippen molar-refractivity contribution in [1.82, 2.24) is 10.0 Å². The Bertz CT molecular complexity index is 1170. The topological polar surface area (TPSA) is 110 Å². The van der Waals surface area contributed by atoms with Crippen molar-refractivity contribution in [2.75, 3.05) is 11.9 Å². The molecule has 1 amide bonds. The van der Waals surface area contributed by atoms with Gasteiger partial charge >= 0.3 is 0 Å². The Morgan fingerprint density at radius 1 is 1.06 bits per heavy atom. The van der Waals surface area contributed by atoms with Gasteiger partial charge in [-0.2, -0.15) is 0 Å². The van der Waals surface area contributed by atoms with Crippen LogP contribution in [-0.2, 0) is 16.6 Å². The first-order valence-corrected chi connectivity index (χ1v) is 12.1. The maximum atomic E-state index is 12.4. The van der Waals surface area contributed by atoms with E-state index in [-0.39, 0.29) is 22.5 Å². The molecular formula is C23H25N3O5S2. The lowest BCUT2D eigenvalue weighted by Gasteiger charge is -2.11. The molecule has 0 unspecified atom stereocenters.